The van der Waals surface area contributed by atoms with Gasteiger partial charge in [0.1, 0.15) is 11.3 Å². The van der Waals surface area contributed by atoms with Crippen molar-refractivity contribution in [2.45, 2.75) is 58.6 Å². The maximum absolute atomic E-state index is 13.0. The van der Waals surface area contributed by atoms with E-state index >= 15 is 0 Å². The summed E-state index contributed by atoms with van der Waals surface area (Å²) >= 11 is 3.44. The predicted molar refractivity (Wildman–Crippen MR) is 81.9 cm³/mol. The number of carbonyl (C=O) groups excluding carboxylic acids is 1. The molecule has 1 aliphatic carbocycles. The first-order valence-electron chi connectivity index (χ1n) is 7.16. The lowest BCUT2D eigenvalue weighted by molar-refractivity contribution is -0.0389. The molecule has 20 heavy (non-hydrogen) atoms. The molecule has 0 unspecified atom stereocenters. The van der Waals surface area contributed by atoms with E-state index in [9.17, 15) is 4.79 Å². The lowest BCUT2D eigenvalue weighted by atomic mass is 9.69. The molecule has 0 spiro atoms. The summed E-state index contributed by atoms with van der Waals surface area (Å²) in [7, 11) is 1.65. The van der Waals surface area contributed by atoms with Crippen LogP contribution in [-0.2, 0) is 11.3 Å². The summed E-state index contributed by atoms with van der Waals surface area (Å²) in [5, 5.41) is 4.24. The highest BCUT2D eigenvalue weighted by atomic mass is 79.9. The molecule has 1 saturated carbocycles. The monoisotopic (exact) mass is 342 g/mol. The number of carbonyl (C=O) groups is 1. The molecule has 1 aromatic rings. The number of halogens is 1. The van der Waals surface area contributed by atoms with Gasteiger partial charge in [0.15, 0.2) is 0 Å². The normalized spacial score (nSPS) is 20.9. The maximum atomic E-state index is 13.0. The number of hydrogen-bond donors (Lipinski definition) is 0. The molecule has 112 valence electrons. The molecule has 0 radical (unpaired) electrons. The lowest BCUT2D eigenvalue weighted by Gasteiger charge is -2.41. The third-order valence-electron chi connectivity index (χ3n) is 4.53. The summed E-state index contributed by atoms with van der Waals surface area (Å²) in [5.74, 6) is 0.0572. The molecule has 4 nitrogen and oxygen atoms in total. The first-order valence-corrected chi connectivity index (χ1v) is 7.96. The Hall–Kier alpha value is -0.680. The van der Waals surface area contributed by atoms with Gasteiger partial charge in [-0.25, -0.2) is 0 Å². The standard InChI is InChI=1S/C15H23BrN2O2/c1-5-18-12(11(16)10-17-18)13(19)15(20-4)8-6-14(2,3)7-9-15/h10H,5-9H2,1-4H3. The van der Waals surface area contributed by atoms with Gasteiger partial charge in [0.05, 0.1) is 10.7 Å². The minimum atomic E-state index is -0.689. The number of ketones is 1. The van der Waals surface area contributed by atoms with Gasteiger partial charge in [-0.3, -0.25) is 9.48 Å². The first kappa shape index (κ1) is 15.7. The quantitative estimate of drug-likeness (QED) is 0.781. The fourth-order valence-corrected chi connectivity index (χ4v) is 3.37. The summed E-state index contributed by atoms with van der Waals surface area (Å²) in [5.41, 5.74) is 0.240. The minimum absolute atomic E-state index is 0.0572. The fraction of sp³-hybridized carbons (Fsp3) is 0.733. The van der Waals surface area contributed by atoms with Crippen LogP contribution in [0.25, 0.3) is 0 Å². The van der Waals surface area contributed by atoms with Gasteiger partial charge in [0, 0.05) is 13.7 Å². The third-order valence-corrected chi connectivity index (χ3v) is 5.11. The first-order chi connectivity index (χ1) is 9.35. The molecule has 1 aromatic heterocycles. The average molecular weight is 343 g/mol. The van der Waals surface area contributed by atoms with Crippen LogP contribution >= 0.6 is 15.9 Å². The van der Waals surface area contributed by atoms with E-state index in [1.165, 1.54) is 0 Å². The zero-order valence-electron chi connectivity index (χ0n) is 12.7. The molecular formula is C15H23BrN2O2. The van der Waals surface area contributed by atoms with E-state index in [-0.39, 0.29) is 5.78 Å². The van der Waals surface area contributed by atoms with E-state index in [1.807, 2.05) is 6.92 Å². The molecule has 1 fully saturated rings. The molecule has 0 bridgehead atoms. The zero-order chi connectivity index (χ0) is 15.0. The number of aromatic nitrogens is 2. The Labute approximate surface area is 129 Å². The predicted octanol–water partition coefficient (Wildman–Crippen LogP) is 3.83. The van der Waals surface area contributed by atoms with Crippen molar-refractivity contribution < 1.29 is 9.53 Å². The Bertz CT molecular complexity index is 498. The van der Waals surface area contributed by atoms with Crippen LogP contribution in [0.1, 0.15) is 56.9 Å². The molecule has 5 heteroatoms. The van der Waals surface area contributed by atoms with E-state index in [2.05, 4.69) is 34.9 Å². The van der Waals surface area contributed by atoms with Crippen molar-refractivity contribution in [2.24, 2.45) is 5.41 Å². The Kier molecular flexibility index (Phi) is 4.40. The van der Waals surface area contributed by atoms with Gasteiger partial charge in [-0.2, -0.15) is 5.10 Å². The van der Waals surface area contributed by atoms with E-state index in [1.54, 1.807) is 18.0 Å². The number of nitrogens with zero attached hydrogens (tertiary/aromatic N) is 2. The number of hydrogen-bond acceptors (Lipinski definition) is 3. The van der Waals surface area contributed by atoms with E-state index < -0.39 is 5.60 Å². The van der Waals surface area contributed by atoms with Crippen LogP contribution in [0.2, 0.25) is 0 Å². The number of Topliss-reactive ketones (excluding diaryl/α,β-unsaturated/α-hetero) is 1. The molecule has 0 saturated heterocycles. The highest BCUT2D eigenvalue weighted by Gasteiger charge is 2.46. The van der Waals surface area contributed by atoms with Crippen molar-refractivity contribution in [1.29, 1.82) is 0 Å². The van der Waals surface area contributed by atoms with Gasteiger partial charge >= 0.3 is 0 Å². The zero-order valence-corrected chi connectivity index (χ0v) is 14.3. The second kappa shape index (κ2) is 5.60. The third kappa shape index (κ3) is 2.70. The molecule has 1 aliphatic rings. The summed E-state index contributed by atoms with van der Waals surface area (Å²) in [4.78, 5) is 13.0. The molecule has 0 N–H and O–H groups in total. The minimum Gasteiger partial charge on any atom is -0.370 e. The molecule has 0 aromatic carbocycles. The van der Waals surface area contributed by atoms with Crippen LogP contribution in [-0.4, -0.2) is 28.3 Å². The second-order valence-electron chi connectivity index (χ2n) is 6.35. The number of aryl methyl sites for hydroxylation is 1. The Balaban J connectivity index is 2.33. The molecule has 2 rings (SSSR count). The fourth-order valence-electron chi connectivity index (χ4n) is 2.90. The van der Waals surface area contributed by atoms with Gasteiger partial charge in [-0.05, 0) is 54.0 Å². The van der Waals surface area contributed by atoms with Gasteiger partial charge in [0.25, 0.3) is 0 Å². The van der Waals surface area contributed by atoms with Crippen LogP contribution < -0.4 is 0 Å². The van der Waals surface area contributed by atoms with Gasteiger partial charge in [-0.1, -0.05) is 13.8 Å². The topological polar surface area (TPSA) is 44.1 Å². The molecule has 0 atom stereocenters. The largest absolute Gasteiger partial charge is 0.370 e. The van der Waals surface area contributed by atoms with Crippen LogP contribution in [0.3, 0.4) is 0 Å². The van der Waals surface area contributed by atoms with Crippen molar-refractivity contribution in [3.63, 3.8) is 0 Å². The summed E-state index contributed by atoms with van der Waals surface area (Å²) in [6.07, 6.45) is 5.25. The van der Waals surface area contributed by atoms with Crippen molar-refractivity contribution in [3.8, 4) is 0 Å². The Morgan fingerprint density at radius 2 is 2.00 bits per heavy atom. The van der Waals surface area contributed by atoms with E-state index in [4.69, 9.17) is 4.74 Å². The lowest BCUT2D eigenvalue weighted by Crippen LogP contribution is -2.46. The summed E-state index contributed by atoms with van der Waals surface area (Å²) in [6.45, 7) is 7.17. The molecular weight excluding hydrogens is 320 g/mol. The van der Waals surface area contributed by atoms with Crippen molar-refractivity contribution in [1.82, 2.24) is 9.78 Å². The number of rotatable bonds is 4. The van der Waals surface area contributed by atoms with Crippen molar-refractivity contribution in [2.75, 3.05) is 7.11 Å². The van der Waals surface area contributed by atoms with Crippen LogP contribution in [0.5, 0.6) is 0 Å². The highest BCUT2D eigenvalue weighted by Crippen LogP contribution is 2.43. The summed E-state index contributed by atoms with van der Waals surface area (Å²) < 4.78 is 8.20. The van der Waals surface area contributed by atoms with Crippen molar-refractivity contribution in [3.05, 3.63) is 16.4 Å². The molecule has 0 amide bonds. The van der Waals surface area contributed by atoms with Gasteiger partial charge < -0.3 is 4.74 Å². The molecule has 0 aliphatic heterocycles. The van der Waals surface area contributed by atoms with Gasteiger partial charge in [0.2, 0.25) is 5.78 Å². The molecule has 1 heterocycles. The van der Waals surface area contributed by atoms with Crippen LogP contribution in [0.4, 0.5) is 0 Å². The maximum Gasteiger partial charge on any atom is 0.213 e. The highest BCUT2D eigenvalue weighted by molar-refractivity contribution is 9.10. The van der Waals surface area contributed by atoms with Crippen LogP contribution in [0, 0.1) is 5.41 Å². The van der Waals surface area contributed by atoms with E-state index in [0.717, 1.165) is 30.2 Å². The van der Waals surface area contributed by atoms with Gasteiger partial charge in [-0.15, -0.1) is 0 Å². The van der Waals surface area contributed by atoms with Crippen molar-refractivity contribution >= 4 is 21.7 Å². The van der Waals surface area contributed by atoms with E-state index in [0.29, 0.717) is 17.7 Å². The second-order valence-corrected chi connectivity index (χ2v) is 7.20. The summed E-state index contributed by atoms with van der Waals surface area (Å²) in [6, 6.07) is 0. The average Bonchev–Trinajstić information content (AvgIpc) is 2.79. The Morgan fingerprint density at radius 1 is 1.40 bits per heavy atom. The number of ether oxygens (including phenoxy) is 1. The van der Waals surface area contributed by atoms with Crippen LogP contribution in [0.15, 0.2) is 10.7 Å². The SMILES string of the molecule is CCn1ncc(Br)c1C(=O)C1(OC)CCC(C)(C)CC1. The smallest absolute Gasteiger partial charge is 0.213 e. The number of methoxy groups -OCH3 is 1. The Morgan fingerprint density at radius 3 is 2.50 bits per heavy atom.